The second-order valence-electron chi connectivity index (χ2n) is 2.88. The summed E-state index contributed by atoms with van der Waals surface area (Å²) in [4.78, 5) is 10.5. The number of nitrogens with zero attached hydrogens (tertiary/aromatic N) is 2. The van der Waals surface area contributed by atoms with Crippen LogP contribution >= 0.6 is 11.6 Å². The summed E-state index contributed by atoms with van der Waals surface area (Å²) in [6.45, 7) is 0. The summed E-state index contributed by atoms with van der Waals surface area (Å²) in [5.74, 6) is -1.95. The number of carboxylic acids is 1. The number of hydrogen-bond acceptors (Lipinski definition) is 5. The van der Waals surface area contributed by atoms with Gasteiger partial charge in [0.05, 0.1) is 10.6 Å². The monoisotopic (exact) mass is 240 g/mol. The molecule has 1 aromatic carbocycles. The minimum absolute atomic E-state index is 0.0329. The van der Waals surface area contributed by atoms with Gasteiger partial charge in [0.25, 0.3) is 0 Å². The van der Waals surface area contributed by atoms with Gasteiger partial charge in [0, 0.05) is 0 Å². The molecule has 2 aromatic rings. The first-order chi connectivity index (χ1) is 7.58. The zero-order valence-corrected chi connectivity index (χ0v) is 8.47. The fourth-order valence-electron chi connectivity index (χ4n) is 1.10. The van der Waals surface area contributed by atoms with E-state index in [2.05, 4.69) is 10.2 Å². The van der Waals surface area contributed by atoms with Gasteiger partial charge in [-0.1, -0.05) is 11.6 Å². The van der Waals surface area contributed by atoms with Crippen molar-refractivity contribution in [3.63, 3.8) is 0 Å². The fourth-order valence-corrected chi connectivity index (χ4v) is 1.29. The molecule has 0 saturated carbocycles. The van der Waals surface area contributed by atoms with Gasteiger partial charge >= 0.3 is 11.9 Å². The maximum absolute atomic E-state index is 10.5. The van der Waals surface area contributed by atoms with E-state index in [-0.39, 0.29) is 22.2 Å². The van der Waals surface area contributed by atoms with Crippen molar-refractivity contribution in [2.75, 3.05) is 0 Å². The van der Waals surface area contributed by atoms with Gasteiger partial charge in [-0.15, -0.1) is 10.2 Å². The second kappa shape index (κ2) is 3.82. The lowest BCUT2D eigenvalue weighted by Gasteiger charge is -1.98. The van der Waals surface area contributed by atoms with Crippen LogP contribution in [0.3, 0.4) is 0 Å². The van der Waals surface area contributed by atoms with Crippen LogP contribution in [0.5, 0.6) is 5.75 Å². The van der Waals surface area contributed by atoms with E-state index < -0.39 is 11.9 Å². The summed E-state index contributed by atoms with van der Waals surface area (Å²) in [6.07, 6.45) is 0. The Balaban J connectivity index is 2.50. The number of aromatic nitrogens is 2. The predicted octanol–water partition coefficient (Wildman–Crippen LogP) is 1.79. The number of aromatic carboxylic acids is 1. The van der Waals surface area contributed by atoms with Crippen LogP contribution in [-0.2, 0) is 0 Å². The number of phenolic OH excluding ortho intramolecular Hbond substituents is 1. The summed E-state index contributed by atoms with van der Waals surface area (Å²) in [5.41, 5.74) is 0.279. The minimum atomic E-state index is -1.32. The van der Waals surface area contributed by atoms with Gasteiger partial charge < -0.3 is 14.6 Å². The quantitative estimate of drug-likeness (QED) is 0.831. The molecule has 1 aromatic heterocycles. The third-order valence-electron chi connectivity index (χ3n) is 1.79. The van der Waals surface area contributed by atoms with E-state index in [1.165, 1.54) is 18.2 Å². The molecule has 2 N–H and O–H groups in total. The summed E-state index contributed by atoms with van der Waals surface area (Å²) in [7, 11) is 0. The van der Waals surface area contributed by atoms with Crippen molar-refractivity contribution in [1.29, 1.82) is 0 Å². The van der Waals surface area contributed by atoms with Crippen molar-refractivity contribution < 1.29 is 19.4 Å². The van der Waals surface area contributed by atoms with Crippen molar-refractivity contribution in [2.45, 2.75) is 0 Å². The van der Waals surface area contributed by atoms with E-state index in [1.807, 2.05) is 0 Å². The molecule has 0 aliphatic rings. The molecular weight excluding hydrogens is 236 g/mol. The van der Waals surface area contributed by atoms with Gasteiger partial charge in [-0.25, -0.2) is 4.79 Å². The molecule has 0 atom stereocenters. The van der Waals surface area contributed by atoms with Crippen molar-refractivity contribution in [1.82, 2.24) is 10.2 Å². The Bertz CT molecular complexity index is 552. The lowest BCUT2D eigenvalue weighted by molar-refractivity contribution is 0.0654. The zero-order chi connectivity index (χ0) is 11.7. The van der Waals surface area contributed by atoms with Gasteiger partial charge in [0.2, 0.25) is 5.89 Å². The number of benzene rings is 1. The molecule has 82 valence electrons. The molecule has 1 heterocycles. The van der Waals surface area contributed by atoms with Crippen LogP contribution in [-0.4, -0.2) is 26.4 Å². The van der Waals surface area contributed by atoms with E-state index in [4.69, 9.17) is 21.1 Å². The highest BCUT2D eigenvalue weighted by Gasteiger charge is 2.16. The number of phenols is 1. The number of carboxylic acid groups (broad SMARTS) is 1. The average Bonchev–Trinajstić information content (AvgIpc) is 2.70. The van der Waals surface area contributed by atoms with Gasteiger partial charge in [0.15, 0.2) is 0 Å². The van der Waals surface area contributed by atoms with Crippen LogP contribution in [0, 0.1) is 0 Å². The predicted molar refractivity (Wildman–Crippen MR) is 53.4 cm³/mol. The van der Waals surface area contributed by atoms with E-state index in [0.29, 0.717) is 0 Å². The molecule has 0 unspecified atom stereocenters. The molecular formula is C9H5ClN2O4. The molecule has 0 aliphatic carbocycles. The third kappa shape index (κ3) is 1.82. The lowest BCUT2D eigenvalue weighted by Crippen LogP contribution is -1.95. The van der Waals surface area contributed by atoms with Gasteiger partial charge in [-0.05, 0) is 18.2 Å². The first-order valence-corrected chi connectivity index (χ1v) is 4.51. The van der Waals surface area contributed by atoms with Gasteiger partial charge in [-0.2, -0.15) is 0 Å². The first kappa shape index (κ1) is 10.4. The first-order valence-electron chi connectivity index (χ1n) is 4.13. The van der Waals surface area contributed by atoms with Crippen molar-refractivity contribution >= 4 is 17.6 Å². The van der Waals surface area contributed by atoms with E-state index in [9.17, 15) is 9.90 Å². The molecule has 0 radical (unpaired) electrons. The highest BCUT2D eigenvalue weighted by atomic mass is 35.5. The Kier molecular flexibility index (Phi) is 2.49. The van der Waals surface area contributed by atoms with Crippen LogP contribution in [0.25, 0.3) is 11.5 Å². The van der Waals surface area contributed by atoms with Crippen LogP contribution < -0.4 is 0 Å². The Morgan fingerprint density at radius 3 is 2.75 bits per heavy atom. The summed E-state index contributed by atoms with van der Waals surface area (Å²) >= 11 is 5.83. The Morgan fingerprint density at radius 2 is 2.12 bits per heavy atom. The SMILES string of the molecule is O=C(O)c1nnc(-c2cc(O)ccc2Cl)o1. The standard InChI is InChI=1S/C9H5ClN2O4/c10-6-2-1-4(13)3-5(6)7-11-12-8(16-7)9(14)15/h1-3,13H,(H,14,15). The number of carbonyl (C=O) groups is 1. The molecule has 0 fully saturated rings. The Labute approximate surface area is 94.1 Å². The van der Waals surface area contributed by atoms with E-state index in [1.54, 1.807) is 0 Å². The smallest absolute Gasteiger partial charge is 0.393 e. The van der Waals surface area contributed by atoms with Crippen molar-refractivity contribution in [2.24, 2.45) is 0 Å². The Hall–Kier alpha value is -2.08. The molecule has 6 nitrogen and oxygen atoms in total. The number of hydrogen-bond donors (Lipinski definition) is 2. The molecule has 0 bridgehead atoms. The molecule has 0 spiro atoms. The third-order valence-corrected chi connectivity index (χ3v) is 2.12. The highest BCUT2D eigenvalue weighted by Crippen LogP contribution is 2.29. The van der Waals surface area contributed by atoms with Gasteiger partial charge in [-0.3, -0.25) is 0 Å². The maximum atomic E-state index is 10.5. The summed E-state index contributed by atoms with van der Waals surface area (Å²) in [5, 5.41) is 24.9. The largest absolute Gasteiger partial charge is 0.508 e. The van der Waals surface area contributed by atoms with Gasteiger partial charge in [0.1, 0.15) is 5.75 Å². The number of halogens is 1. The van der Waals surface area contributed by atoms with E-state index in [0.717, 1.165) is 0 Å². The summed E-state index contributed by atoms with van der Waals surface area (Å²) in [6, 6.07) is 4.14. The second-order valence-corrected chi connectivity index (χ2v) is 3.29. The van der Waals surface area contributed by atoms with Crippen LogP contribution in [0.1, 0.15) is 10.7 Å². The van der Waals surface area contributed by atoms with Crippen LogP contribution in [0.2, 0.25) is 5.02 Å². The van der Waals surface area contributed by atoms with Crippen LogP contribution in [0.4, 0.5) is 0 Å². The zero-order valence-electron chi connectivity index (χ0n) is 7.72. The molecule has 16 heavy (non-hydrogen) atoms. The maximum Gasteiger partial charge on any atom is 0.393 e. The fraction of sp³-hybridized carbons (Fsp3) is 0. The molecule has 0 aliphatic heterocycles. The number of rotatable bonds is 2. The van der Waals surface area contributed by atoms with Crippen molar-refractivity contribution in [3.05, 3.63) is 29.1 Å². The molecule has 2 rings (SSSR count). The number of aromatic hydroxyl groups is 1. The topological polar surface area (TPSA) is 96.5 Å². The van der Waals surface area contributed by atoms with E-state index >= 15 is 0 Å². The van der Waals surface area contributed by atoms with Crippen LogP contribution in [0.15, 0.2) is 22.6 Å². The lowest BCUT2D eigenvalue weighted by atomic mass is 10.2. The summed E-state index contributed by atoms with van der Waals surface area (Å²) < 4.78 is 4.85. The average molecular weight is 241 g/mol. The molecule has 7 heteroatoms. The molecule has 0 saturated heterocycles. The van der Waals surface area contributed by atoms with Crippen molar-refractivity contribution in [3.8, 4) is 17.2 Å². The Morgan fingerprint density at radius 1 is 1.38 bits per heavy atom. The molecule has 0 amide bonds. The highest BCUT2D eigenvalue weighted by molar-refractivity contribution is 6.33. The minimum Gasteiger partial charge on any atom is -0.508 e. The normalized spacial score (nSPS) is 10.3.